The minimum Gasteiger partial charge on any atom is -0.428 e. The molecular formula is C20H12F16N2O2S2. The molecule has 0 atom stereocenters. The van der Waals surface area contributed by atoms with E-state index in [1.807, 2.05) is 0 Å². The quantitative estimate of drug-likeness (QED) is 0.165. The van der Waals surface area contributed by atoms with Crippen LogP contribution in [0.3, 0.4) is 0 Å². The first-order valence-corrected chi connectivity index (χ1v) is 11.9. The normalized spacial score (nSPS) is 14.6. The number of hydrogen-bond donors (Lipinski definition) is 2. The summed E-state index contributed by atoms with van der Waals surface area (Å²) in [4.78, 5) is 0.00824. The molecule has 0 spiro atoms. The largest absolute Gasteiger partial charge is 0.471 e. The fraction of sp³-hybridized carbons (Fsp3) is 0.400. The maximum absolute atomic E-state index is 14.1. The number of benzene rings is 2. The minimum atomic E-state index is -8.60. The summed E-state index contributed by atoms with van der Waals surface area (Å²) in [7, 11) is 0. The summed E-state index contributed by atoms with van der Waals surface area (Å²) < 4.78 is 231. The van der Waals surface area contributed by atoms with Gasteiger partial charge in [-0.2, -0.15) is 70.2 Å². The van der Waals surface area contributed by atoms with E-state index in [1.54, 1.807) is 0 Å². The van der Waals surface area contributed by atoms with Crippen molar-refractivity contribution in [3.05, 3.63) is 48.5 Å². The van der Waals surface area contributed by atoms with E-state index in [0.29, 0.717) is 48.2 Å². The number of nitrogens with two attached hydrogens (primary N) is 2. The van der Waals surface area contributed by atoms with Gasteiger partial charge in [0.05, 0.1) is 0 Å². The van der Waals surface area contributed by atoms with Gasteiger partial charge in [0.2, 0.25) is 0 Å². The van der Waals surface area contributed by atoms with Crippen LogP contribution in [0.1, 0.15) is 0 Å². The molecular weight excluding hydrogens is 668 g/mol. The van der Waals surface area contributed by atoms with Crippen molar-refractivity contribution < 1.29 is 79.7 Å². The van der Waals surface area contributed by atoms with Gasteiger partial charge in [-0.25, -0.2) is 0 Å². The Balaban J connectivity index is 2.50. The van der Waals surface area contributed by atoms with Crippen LogP contribution >= 0.6 is 23.9 Å². The molecule has 0 unspecified atom stereocenters. The van der Waals surface area contributed by atoms with Crippen LogP contribution in [-0.2, 0) is 0 Å². The molecule has 0 aliphatic rings. The summed E-state index contributed by atoms with van der Waals surface area (Å²) in [5.74, 6) is -52.7. The minimum absolute atomic E-state index is 0.00412. The molecule has 2 aromatic rings. The van der Waals surface area contributed by atoms with Crippen molar-refractivity contribution in [3.63, 3.8) is 0 Å². The summed E-state index contributed by atoms with van der Waals surface area (Å²) >= 11 is 0.850. The average Bonchev–Trinajstić information content (AvgIpc) is 2.88. The molecule has 42 heavy (non-hydrogen) atoms. The van der Waals surface area contributed by atoms with Gasteiger partial charge in [0.15, 0.2) is 0 Å². The van der Waals surface area contributed by atoms with Gasteiger partial charge in [0, 0.05) is 9.79 Å². The third kappa shape index (κ3) is 5.61. The lowest BCUT2D eigenvalue weighted by molar-refractivity contribution is -0.474. The van der Waals surface area contributed by atoms with Crippen LogP contribution in [0, 0.1) is 0 Å². The van der Waals surface area contributed by atoms with Gasteiger partial charge in [-0.3, -0.25) is 10.3 Å². The Morgan fingerprint density at radius 3 is 0.810 bits per heavy atom. The molecule has 0 aliphatic carbocycles. The SMILES string of the molecule is NSc1ccc(OC(F)(F)C(F)(F)C(F)(F)C(F)(F)C(F)(F)C(F)(F)C(F)(F)C(F)(F)Oc2ccc(SN)cc2)cc1. The van der Waals surface area contributed by atoms with E-state index in [2.05, 4.69) is 9.47 Å². The second kappa shape index (κ2) is 11.2. The van der Waals surface area contributed by atoms with Crippen LogP contribution in [0.4, 0.5) is 70.2 Å². The molecule has 0 heterocycles. The zero-order valence-electron chi connectivity index (χ0n) is 19.5. The molecule has 0 radical (unpaired) electrons. The number of rotatable bonds is 13. The average molecular weight is 680 g/mol. The third-order valence-corrected chi connectivity index (χ3v) is 6.20. The van der Waals surface area contributed by atoms with Crippen LogP contribution in [0.5, 0.6) is 11.5 Å². The standard InChI is InChI=1S/C20H12F16N2O2S2/c21-13(22,15(25,26)17(29,30)19(33,34)39-9-1-5-11(41-37)6-2-9)14(23,24)16(27,28)18(31,32)20(35,36)40-10-3-7-12(42-38)8-4-10/h1-8H,37-38H2. The summed E-state index contributed by atoms with van der Waals surface area (Å²) in [5.41, 5.74) is 0. The summed E-state index contributed by atoms with van der Waals surface area (Å²) in [6.45, 7) is 0. The number of hydrogen-bond acceptors (Lipinski definition) is 6. The lowest BCUT2D eigenvalue weighted by Crippen LogP contribution is -2.75. The molecule has 0 aromatic heterocycles. The smallest absolute Gasteiger partial charge is 0.428 e. The highest BCUT2D eigenvalue weighted by atomic mass is 32.2. The fourth-order valence-electron chi connectivity index (χ4n) is 2.75. The molecule has 0 bridgehead atoms. The Labute approximate surface area is 231 Å². The number of alkyl halides is 16. The lowest BCUT2D eigenvalue weighted by Gasteiger charge is -2.43. The van der Waals surface area contributed by atoms with Crippen LogP contribution < -0.4 is 19.8 Å². The van der Waals surface area contributed by atoms with Crippen molar-refractivity contribution in [2.45, 2.75) is 57.5 Å². The predicted molar refractivity (Wildman–Crippen MR) is 114 cm³/mol. The number of ether oxygens (including phenoxy) is 2. The molecule has 0 saturated carbocycles. The predicted octanol–water partition coefficient (Wildman–Crippen LogP) is 8.07. The Hall–Kier alpha value is -2.46. The summed E-state index contributed by atoms with van der Waals surface area (Å²) in [6, 6.07) is 4.20. The third-order valence-electron chi connectivity index (χ3n) is 5.11. The van der Waals surface area contributed by atoms with E-state index in [-0.39, 0.29) is 9.79 Å². The Bertz CT molecular complexity index is 1130. The van der Waals surface area contributed by atoms with E-state index in [1.165, 1.54) is 0 Å². The highest BCUT2D eigenvalue weighted by Crippen LogP contribution is 2.64. The molecule has 238 valence electrons. The van der Waals surface area contributed by atoms with Crippen molar-refractivity contribution in [1.29, 1.82) is 0 Å². The second-order valence-corrected chi connectivity index (χ2v) is 9.28. The first-order valence-electron chi connectivity index (χ1n) is 10.1. The highest BCUT2D eigenvalue weighted by Gasteiger charge is 2.96. The summed E-state index contributed by atoms with van der Waals surface area (Å²) in [5, 5.41) is 10.1. The molecule has 22 heteroatoms. The monoisotopic (exact) mass is 680 g/mol. The van der Waals surface area contributed by atoms with Gasteiger partial charge >= 0.3 is 47.8 Å². The molecule has 0 saturated heterocycles. The topological polar surface area (TPSA) is 70.5 Å². The molecule has 2 aromatic carbocycles. The van der Waals surface area contributed by atoms with E-state index in [9.17, 15) is 70.2 Å². The first-order chi connectivity index (χ1) is 18.8. The van der Waals surface area contributed by atoms with Gasteiger partial charge in [0.25, 0.3) is 0 Å². The highest BCUT2D eigenvalue weighted by molar-refractivity contribution is 7.97. The molecule has 4 N–H and O–H groups in total. The van der Waals surface area contributed by atoms with E-state index in [4.69, 9.17) is 10.3 Å². The molecule has 4 nitrogen and oxygen atoms in total. The van der Waals surface area contributed by atoms with Crippen molar-refractivity contribution in [2.75, 3.05) is 0 Å². The Morgan fingerprint density at radius 2 is 0.595 bits per heavy atom. The van der Waals surface area contributed by atoms with Crippen LogP contribution in [0.15, 0.2) is 58.3 Å². The maximum atomic E-state index is 14.1. The molecule has 0 aliphatic heterocycles. The van der Waals surface area contributed by atoms with Crippen LogP contribution in [0.25, 0.3) is 0 Å². The Morgan fingerprint density at radius 1 is 0.381 bits per heavy atom. The second-order valence-electron chi connectivity index (χ2n) is 7.86. The van der Waals surface area contributed by atoms with Gasteiger partial charge < -0.3 is 9.47 Å². The van der Waals surface area contributed by atoms with Gasteiger partial charge in [-0.05, 0) is 72.4 Å². The lowest BCUT2D eigenvalue weighted by atomic mass is 9.90. The number of halogens is 16. The van der Waals surface area contributed by atoms with Crippen LogP contribution in [0.2, 0.25) is 0 Å². The van der Waals surface area contributed by atoms with Crippen molar-refractivity contribution in [2.24, 2.45) is 10.3 Å². The van der Waals surface area contributed by atoms with E-state index >= 15 is 0 Å². The van der Waals surface area contributed by atoms with E-state index in [0.717, 1.165) is 24.3 Å². The van der Waals surface area contributed by atoms with E-state index < -0.39 is 59.3 Å². The van der Waals surface area contributed by atoms with Gasteiger partial charge in [-0.15, -0.1) is 0 Å². The zero-order chi connectivity index (χ0) is 32.8. The van der Waals surface area contributed by atoms with Crippen LogP contribution in [-0.4, -0.2) is 47.8 Å². The maximum Gasteiger partial charge on any atom is 0.471 e. The van der Waals surface area contributed by atoms with Crippen molar-refractivity contribution in [1.82, 2.24) is 0 Å². The van der Waals surface area contributed by atoms with Crippen molar-refractivity contribution in [3.8, 4) is 11.5 Å². The Kier molecular flexibility index (Phi) is 9.56. The fourth-order valence-corrected chi connectivity index (χ4v) is 3.34. The molecule has 0 fully saturated rings. The van der Waals surface area contributed by atoms with Crippen molar-refractivity contribution >= 4 is 23.9 Å². The van der Waals surface area contributed by atoms with Gasteiger partial charge in [-0.1, -0.05) is 0 Å². The first kappa shape index (κ1) is 35.7. The van der Waals surface area contributed by atoms with Gasteiger partial charge in [0.1, 0.15) is 11.5 Å². The molecule has 0 amide bonds. The zero-order valence-corrected chi connectivity index (χ0v) is 21.1. The molecule has 2 rings (SSSR count). The summed E-state index contributed by atoms with van der Waals surface area (Å²) in [6.07, 6.45) is -13.9.